The minimum Gasteiger partial charge on any atom is -0.459 e. The topological polar surface area (TPSA) is 55.8 Å². The third kappa shape index (κ3) is 5.47. The molecule has 0 spiro atoms. The number of hydrogen-bond acceptors (Lipinski definition) is 4. The largest absolute Gasteiger partial charge is 0.459 e. The van der Waals surface area contributed by atoms with Crippen LogP contribution in [0.2, 0.25) is 0 Å². The van der Waals surface area contributed by atoms with Crippen molar-refractivity contribution in [1.29, 1.82) is 0 Å². The standard InChI is InChI=1S/C23H33F9O4/c1-11-12-8-13(14(9-12)35-20(34,22(27,28)29)23(30,31)32)15(11)18(5,6)10-19(7,21(24,25)26)16(33)36-17(2,3)4/h11-15,34H,8-10H2,1-7H3. The molecule has 2 rings (SSSR count). The van der Waals surface area contributed by atoms with E-state index in [0.29, 0.717) is 6.92 Å². The van der Waals surface area contributed by atoms with E-state index in [1.165, 1.54) is 34.6 Å². The van der Waals surface area contributed by atoms with Crippen LogP contribution in [0.15, 0.2) is 0 Å². The van der Waals surface area contributed by atoms with Gasteiger partial charge in [0.15, 0.2) is 5.41 Å². The van der Waals surface area contributed by atoms with Crippen LogP contribution in [0.25, 0.3) is 0 Å². The summed E-state index contributed by atoms with van der Waals surface area (Å²) in [7, 11) is 0. The monoisotopic (exact) mass is 544 g/mol. The van der Waals surface area contributed by atoms with E-state index in [4.69, 9.17) is 4.74 Å². The summed E-state index contributed by atoms with van der Waals surface area (Å²) >= 11 is 0. The van der Waals surface area contributed by atoms with Crippen LogP contribution in [-0.4, -0.2) is 47.1 Å². The Morgan fingerprint density at radius 3 is 1.67 bits per heavy atom. The molecule has 0 aromatic carbocycles. The SMILES string of the molecule is CC1C2CC(OC(O)(C(F)(F)F)C(F)(F)F)C(C2)C1C(C)(C)CC(C)(C(=O)OC(C)(C)C)C(F)(F)F. The molecule has 1 N–H and O–H groups in total. The first-order chi connectivity index (χ1) is 15.7. The number of aliphatic hydroxyl groups is 1. The van der Waals surface area contributed by atoms with E-state index in [9.17, 15) is 49.4 Å². The molecule has 6 unspecified atom stereocenters. The van der Waals surface area contributed by atoms with Gasteiger partial charge in [-0.05, 0) is 76.0 Å². The van der Waals surface area contributed by atoms with Gasteiger partial charge in [0.25, 0.3) is 0 Å². The molecule has 0 amide bonds. The maximum atomic E-state index is 14.2. The molecule has 2 bridgehead atoms. The fraction of sp³-hybridized carbons (Fsp3) is 0.957. The van der Waals surface area contributed by atoms with E-state index in [2.05, 4.69) is 4.74 Å². The third-order valence-corrected chi connectivity index (χ3v) is 7.64. The molecule has 36 heavy (non-hydrogen) atoms. The van der Waals surface area contributed by atoms with Gasteiger partial charge in [0.2, 0.25) is 0 Å². The Morgan fingerprint density at radius 1 is 0.833 bits per heavy atom. The van der Waals surface area contributed by atoms with Crippen LogP contribution >= 0.6 is 0 Å². The Labute approximate surface area is 203 Å². The molecular weight excluding hydrogens is 511 g/mol. The Balaban J connectivity index is 2.41. The van der Waals surface area contributed by atoms with Crippen molar-refractivity contribution in [3.63, 3.8) is 0 Å². The van der Waals surface area contributed by atoms with Crippen molar-refractivity contribution in [3.05, 3.63) is 0 Å². The highest BCUT2D eigenvalue weighted by molar-refractivity contribution is 5.78. The lowest BCUT2D eigenvalue weighted by Gasteiger charge is -2.48. The van der Waals surface area contributed by atoms with E-state index in [1.807, 2.05) is 0 Å². The number of esters is 1. The summed E-state index contributed by atoms with van der Waals surface area (Å²) in [6.07, 6.45) is -20.0. The number of rotatable bonds is 6. The normalized spacial score (nSPS) is 29.9. The lowest BCUT2D eigenvalue weighted by Crippen LogP contribution is -2.61. The van der Waals surface area contributed by atoms with Gasteiger partial charge in [-0.3, -0.25) is 4.79 Å². The van der Waals surface area contributed by atoms with Crippen molar-refractivity contribution < 1.29 is 58.9 Å². The quantitative estimate of drug-likeness (QED) is 0.227. The van der Waals surface area contributed by atoms with Gasteiger partial charge < -0.3 is 14.6 Å². The van der Waals surface area contributed by atoms with E-state index in [1.54, 1.807) is 6.92 Å². The number of alkyl halides is 9. The Kier molecular flexibility index (Phi) is 7.67. The summed E-state index contributed by atoms with van der Waals surface area (Å²) in [5, 5.41) is 9.52. The van der Waals surface area contributed by atoms with Crippen LogP contribution in [0.5, 0.6) is 0 Å². The zero-order chi connectivity index (χ0) is 28.5. The Morgan fingerprint density at radius 2 is 1.31 bits per heavy atom. The molecule has 2 aliphatic carbocycles. The van der Waals surface area contributed by atoms with Crippen LogP contribution < -0.4 is 0 Å². The fourth-order valence-electron chi connectivity index (χ4n) is 6.21. The van der Waals surface area contributed by atoms with Crippen molar-refractivity contribution in [3.8, 4) is 0 Å². The summed E-state index contributed by atoms with van der Waals surface area (Å²) in [6.45, 7) is 9.35. The number of halogens is 9. The predicted molar refractivity (Wildman–Crippen MR) is 109 cm³/mol. The van der Waals surface area contributed by atoms with E-state index in [-0.39, 0.29) is 18.8 Å². The molecule has 0 radical (unpaired) electrons. The number of ether oxygens (including phenoxy) is 2. The summed E-state index contributed by atoms with van der Waals surface area (Å²) in [5.41, 5.74) is -5.59. The molecule has 6 atom stereocenters. The van der Waals surface area contributed by atoms with E-state index < -0.39 is 77.0 Å². The van der Waals surface area contributed by atoms with Crippen molar-refractivity contribution in [2.45, 2.75) is 104 Å². The van der Waals surface area contributed by atoms with Crippen LogP contribution in [0, 0.1) is 34.5 Å². The van der Waals surface area contributed by atoms with E-state index in [0.717, 1.165) is 0 Å². The van der Waals surface area contributed by atoms with Gasteiger partial charge >= 0.3 is 30.3 Å². The molecule has 4 nitrogen and oxygen atoms in total. The summed E-state index contributed by atoms with van der Waals surface area (Å²) < 4.78 is 131. The number of hydrogen-bond donors (Lipinski definition) is 1. The van der Waals surface area contributed by atoms with Gasteiger partial charge in [0.05, 0.1) is 6.10 Å². The maximum Gasteiger partial charge on any atom is 0.453 e. The minimum atomic E-state index is -6.19. The Hall–Kier alpha value is -1.24. The highest BCUT2D eigenvalue weighted by Crippen LogP contribution is 2.63. The van der Waals surface area contributed by atoms with Gasteiger partial charge in [0, 0.05) is 0 Å². The van der Waals surface area contributed by atoms with E-state index >= 15 is 0 Å². The smallest absolute Gasteiger partial charge is 0.453 e. The summed E-state index contributed by atoms with van der Waals surface area (Å²) in [5.74, 6) is -9.55. The highest BCUT2D eigenvalue weighted by atomic mass is 19.4. The molecule has 13 heteroatoms. The second kappa shape index (κ2) is 8.91. The minimum absolute atomic E-state index is 0.126. The average Bonchev–Trinajstić information content (AvgIpc) is 3.14. The molecule has 0 saturated heterocycles. The molecule has 2 fully saturated rings. The van der Waals surface area contributed by atoms with Gasteiger partial charge in [-0.25, -0.2) is 0 Å². The van der Waals surface area contributed by atoms with Gasteiger partial charge in [0.1, 0.15) is 5.60 Å². The second-order valence-corrected chi connectivity index (χ2v) is 12.1. The van der Waals surface area contributed by atoms with Crippen molar-refractivity contribution >= 4 is 5.97 Å². The molecular formula is C23H33F9O4. The summed E-state index contributed by atoms with van der Waals surface area (Å²) in [4.78, 5) is 12.7. The Bertz CT molecular complexity index is 811. The first-order valence-corrected chi connectivity index (χ1v) is 11.5. The van der Waals surface area contributed by atoms with Gasteiger partial charge in [-0.15, -0.1) is 0 Å². The number of fused-ring (bicyclic) bond motifs is 2. The molecule has 212 valence electrons. The predicted octanol–water partition coefficient (Wildman–Crippen LogP) is 6.80. The molecule has 0 aromatic heterocycles. The zero-order valence-electron chi connectivity index (χ0n) is 21.1. The zero-order valence-corrected chi connectivity index (χ0v) is 21.1. The molecule has 0 aliphatic heterocycles. The second-order valence-electron chi connectivity index (χ2n) is 12.1. The van der Waals surface area contributed by atoms with Gasteiger partial charge in [-0.2, -0.15) is 39.5 Å². The van der Waals surface area contributed by atoms with Crippen LogP contribution in [0.4, 0.5) is 39.5 Å². The summed E-state index contributed by atoms with van der Waals surface area (Å²) in [6, 6.07) is 0. The van der Waals surface area contributed by atoms with Crippen molar-refractivity contribution in [2.75, 3.05) is 0 Å². The van der Waals surface area contributed by atoms with Crippen molar-refractivity contribution in [1.82, 2.24) is 0 Å². The molecule has 2 saturated carbocycles. The molecule has 0 heterocycles. The highest BCUT2D eigenvalue weighted by Gasteiger charge is 2.74. The molecule has 0 aromatic rings. The fourth-order valence-corrected chi connectivity index (χ4v) is 6.21. The van der Waals surface area contributed by atoms with Crippen molar-refractivity contribution in [2.24, 2.45) is 34.5 Å². The van der Waals surface area contributed by atoms with Crippen LogP contribution in [-0.2, 0) is 14.3 Å². The molecule has 2 aliphatic rings. The van der Waals surface area contributed by atoms with Crippen LogP contribution in [0.1, 0.15) is 67.7 Å². The first kappa shape index (κ1) is 31.0. The van der Waals surface area contributed by atoms with Gasteiger partial charge in [-0.1, -0.05) is 20.8 Å². The lowest BCUT2D eigenvalue weighted by molar-refractivity contribution is -0.468. The third-order valence-electron chi connectivity index (χ3n) is 7.64. The number of carbonyl (C=O) groups excluding carboxylic acids is 1. The average molecular weight is 544 g/mol. The van der Waals surface area contributed by atoms with Crippen LogP contribution in [0.3, 0.4) is 0 Å². The lowest BCUT2D eigenvalue weighted by atomic mass is 9.59. The first-order valence-electron chi connectivity index (χ1n) is 11.5. The maximum absolute atomic E-state index is 14.2. The number of carbonyl (C=O) groups is 1.